The van der Waals surface area contributed by atoms with Gasteiger partial charge in [-0.25, -0.2) is 0 Å². The average molecular weight is 508 g/mol. The molecule has 1 aromatic heterocycles. The molecule has 1 aliphatic heterocycles. The van der Waals surface area contributed by atoms with Crippen molar-refractivity contribution in [2.75, 3.05) is 38.2 Å². The second kappa shape index (κ2) is 10.2. The minimum absolute atomic E-state index is 0.0155. The third-order valence-corrected chi connectivity index (χ3v) is 7.04. The molecule has 5 nitrogen and oxygen atoms in total. The van der Waals surface area contributed by atoms with Gasteiger partial charge in [-0.1, -0.05) is 36.4 Å². The number of nitrogens with one attached hydrogen (secondary N) is 1. The summed E-state index contributed by atoms with van der Waals surface area (Å²) in [4.78, 5) is 20.5. The van der Waals surface area contributed by atoms with Crippen LogP contribution >= 0.6 is 0 Å². The summed E-state index contributed by atoms with van der Waals surface area (Å²) in [5, 5.41) is 1.07. The van der Waals surface area contributed by atoms with Crippen molar-refractivity contribution >= 4 is 22.5 Å². The van der Waals surface area contributed by atoms with E-state index in [1.54, 1.807) is 13.2 Å². The van der Waals surface area contributed by atoms with Gasteiger partial charge in [-0.3, -0.25) is 4.79 Å². The third kappa shape index (κ3) is 5.28. The molecule has 1 N–H and O–H groups in total. The second-order valence-electron chi connectivity index (χ2n) is 9.24. The first-order valence-corrected chi connectivity index (χ1v) is 12.2. The van der Waals surface area contributed by atoms with Gasteiger partial charge in [0.15, 0.2) is 0 Å². The summed E-state index contributed by atoms with van der Waals surface area (Å²) in [5.41, 5.74) is 2.89. The Morgan fingerprint density at radius 1 is 0.973 bits per heavy atom. The second-order valence-corrected chi connectivity index (χ2v) is 9.24. The molecule has 1 atom stereocenters. The fourth-order valence-electron chi connectivity index (χ4n) is 5.04. The van der Waals surface area contributed by atoms with Crippen LogP contribution in [-0.4, -0.2) is 49.1 Å². The number of ether oxygens (including phenoxy) is 1. The predicted molar refractivity (Wildman–Crippen MR) is 138 cm³/mol. The van der Waals surface area contributed by atoms with Gasteiger partial charge in [0, 0.05) is 61.3 Å². The van der Waals surface area contributed by atoms with Crippen molar-refractivity contribution in [2.45, 2.75) is 18.5 Å². The van der Waals surface area contributed by atoms with Gasteiger partial charge in [0.05, 0.1) is 12.7 Å². The highest BCUT2D eigenvalue weighted by Gasteiger charge is 2.32. The maximum absolute atomic E-state index is 13.5. The van der Waals surface area contributed by atoms with Gasteiger partial charge >= 0.3 is 6.18 Å². The number of hydrogen-bond acceptors (Lipinski definition) is 3. The van der Waals surface area contributed by atoms with Crippen LogP contribution in [0, 0.1) is 0 Å². The molecular weight excluding hydrogens is 479 g/mol. The molecule has 0 radical (unpaired) electrons. The number of aromatic nitrogens is 1. The van der Waals surface area contributed by atoms with Crippen LogP contribution in [0.1, 0.15) is 29.0 Å². The van der Waals surface area contributed by atoms with Gasteiger partial charge in [0.1, 0.15) is 5.75 Å². The van der Waals surface area contributed by atoms with Gasteiger partial charge < -0.3 is 19.5 Å². The van der Waals surface area contributed by atoms with E-state index in [9.17, 15) is 18.0 Å². The Hall–Kier alpha value is -3.94. The average Bonchev–Trinajstić information content (AvgIpc) is 3.35. The molecule has 1 saturated heterocycles. The molecule has 0 aliphatic carbocycles. The molecule has 5 rings (SSSR count). The molecule has 0 bridgehead atoms. The van der Waals surface area contributed by atoms with E-state index in [4.69, 9.17) is 4.74 Å². The molecule has 37 heavy (non-hydrogen) atoms. The standard InChI is InChI=1S/C29H28F3N3O2/c1-37-23-9-4-6-20(16-23)25(26-19-33-27-11-3-2-10-24(26)27)18-28(36)35-14-12-34(13-15-35)22-8-5-7-21(17-22)29(30,31)32/h2-11,16-17,19,25,33H,12-15,18H2,1H3. The highest BCUT2D eigenvalue weighted by molar-refractivity contribution is 5.86. The lowest BCUT2D eigenvalue weighted by Crippen LogP contribution is -2.49. The van der Waals surface area contributed by atoms with Gasteiger partial charge in [-0.05, 0) is 47.5 Å². The monoisotopic (exact) mass is 507 g/mol. The van der Waals surface area contributed by atoms with Crippen LogP contribution in [0.15, 0.2) is 79.0 Å². The Kier molecular flexibility index (Phi) is 6.82. The number of anilines is 1. The molecule has 0 saturated carbocycles. The maximum Gasteiger partial charge on any atom is 0.416 e. The fourth-order valence-corrected chi connectivity index (χ4v) is 5.04. The Morgan fingerprint density at radius 3 is 2.49 bits per heavy atom. The lowest BCUT2D eigenvalue weighted by molar-refractivity contribution is -0.137. The molecule has 192 valence electrons. The number of para-hydroxylation sites is 1. The Morgan fingerprint density at radius 2 is 1.73 bits per heavy atom. The molecule has 1 unspecified atom stereocenters. The quantitative estimate of drug-likeness (QED) is 0.345. The number of alkyl halides is 3. The molecule has 1 amide bonds. The summed E-state index contributed by atoms with van der Waals surface area (Å²) in [6, 6.07) is 21.1. The highest BCUT2D eigenvalue weighted by atomic mass is 19.4. The minimum Gasteiger partial charge on any atom is -0.497 e. The van der Waals surface area contributed by atoms with Crippen LogP contribution in [0.25, 0.3) is 10.9 Å². The van der Waals surface area contributed by atoms with Crippen LogP contribution < -0.4 is 9.64 Å². The van der Waals surface area contributed by atoms with Crippen LogP contribution in [0.3, 0.4) is 0 Å². The Balaban J connectivity index is 1.34. The van der Waals surface area contributed by atoms with Gasteiger partial charge in [0.25, 0.3) is 0 Å². The van der Waals surface area contributed by atoms with Crippen molar-refractivity contribution in [3.8, 4) is 5.75 Å². The van der Waals surface area contributed by atoms with Crippen molar-refractivity contribution in [1.82, 2.24) is 9.88 Å². The van der Waals surface area contributed by atoms with Crippen molar-refractivity contribution in [1.29, 1.82) is 0 Å². The van der Waals surface area contributed by atoms with E-state index in [0.29, 0.717) is 31.9 Å². The number of amides is 1. The van der Waals surface area contributed by atoms with E-state index in [1.807, 2.05) is 64.5 Å². The topological polar surface area (TPSA) is 48.6 Å². The summed E-state index contributed by atoms with van der Waals surface area (Å²) < 4.78 is 44.9. The number of fused-ring (bicyclic) bond motifs is 1. The van der Waals surface area contributed by atoms with E-state index in [1.165, 1.54) is 12.1 Å². The molecule has 8 heteroatoms. The molecule has 3 aromatic carbocycles. The molecule has 2 heterocycles. The summed E-state index contributed by atoms with van der Waals surface area (Å²) in [6.07, 6.45) is -2.14. The lowest BCUT2D eigenvalue weighted by Gasteiger charge is -2.37. The van der Waals surface area contributed by atoms with E-state index >= 15 is 0 Å². The summed E-state index contributed by atoms with van der Waals surface area (Å²) in [7, 11) is 1.62. The predicted octanol–water partition coefficient (Wildman–Crippen LogP) is 6.07. The fraction of sp³-hybridized carbons (Fsp3) is 0.276. The number of hydrogen-bond donors (Lipinski definition) is 1. The Labute approximate surface area is 213 Å². The Bertz CT molecular complexity index is 1390. The first-order chi connectivity index (χ1) is 17.8. The first kappa shape index (κ1) is 24.7. The van der Waals surface area contributed by atoms with Crippen molar-refractivity contribution in [3.05, 3.63) is 95.7 Å². The molecule has 1 aliphatic rings. The number of carbonyl (C=O) groups excluding carboxylic acids is 1. The number of aromatic amines is 1. The van der Waals surface area contributed by atoms with Crippen molar-refractivity contribution in [3.63, 3.8) is 0 Å². The molecular formula is C29H28F3N3O2. The van der Waals surface area contributed by atoms with Gasteiger partial charge in [-0.2, -0.15) is 13.2 Å². The van der Waals surface area contributed by atoms with Gasteiger partial charge in [-0.15, -0.1) is 0 Å². The van der Waals surface area contributed by atoms with E-state index in [0.717, 1.165) is 33.8 Å². The number of nitrogens with zero attached hydrogens (tertiary/aromatic N) is 2. The smallest absolute Gasteiger partial charge is 0.416 e. The molecule has 4 aromatic rings. The van der Waals surface area contributed by atoms with Crippen LogP contribution in [-0.2, 0) is 11.0 Å². The largest absolute Gasteiger partial charge is 0.497 e. The van der Waals surface area contributed by atoms with Crippen molar-refractivity contribution in [2.24, 2.45) is 0 Å². The number of benzene rings is 3. The number of methoxy groups -OCH3 is 1. The minimum atomic E-state index is -4.38. The van der Waals surface area contributed by atoms with E-state index in [2.05, 4.69) is 4.98 Å². The number of halogens is 3. The summed E-state index contributed by atoms with van der Waals surface area (Å²) in [6.45, 7) is 1.86. The van der Waals surface area contributed by atoms with Gasteiger partial charge in [0.2, 0.25) is 5.91 Å². The number of rotatable bonds is 6. The zero-order valence-corrected chi connectivity index (χ0v) is 20.5. The number of carbonyl (C=O) groups is 1. The maximum atomic E-state index is 13.5. The van der Waals surface area contributed by atoms with Crippen LogP contribution in [0.4, 0.5) is 18.9 Å². The van der Waals surface area contributed by atoms with Crippen molar-refractivity contribution < 1.29 is 22.7 Å². The zero-order chi connectivity index (χ0) is 26.0. The zero-order valence-electron chi connectivity index (χ0n) is 20.5. The summed E-state index contributed by atoms with van der Waals surface area (Å²) in [5.74, 6) is 0.562. The molecule has 0 spiro atoms. The van der Waals surface area contributed by atoms with Crippen LogP contribution in [0.5, 0.6) is 5.75 Å². The van der Waals surface area contributed by atoms with E-state index in [-0.39, 0.29) is 18.2 Å². The number of H-pyrrole nitrogens is 1. The first-order valence-electron chi connectivity index (χ1n) is 12.2. The number of piperazine rings is 1. The third-order valence-electron chi connectivity index (χ3n) is 7.04. The summed E-state index contributed by atoms with van der Waals surface area (Å²) >= 11 is 0. The SMILES string of the molecule is COc1cccc(C(CC(=O)N2CCN(c3cccc(C(F)(F)F)c3)CC2)c2c[nH]c3ccccc23)c1. The molecule has 1 fully saturated rings. The lowest BCUT2D eigenvalue weighted by atomic mass is 9.87. The normalized spacial score (nSPS) is 15.1. The van der Waals surface area contributed by atoms with Crippen LogP contribution in [0.2, 0.25) is 0 Å². The highest BCUT2D eigenvalue weighted by Crippen LogP contribution is 2.36. The van der Waals surface area contributed by atoms with E-state index < -0.39 is 11.7 Å².